The molecule has 1 N–H and O–H groups in total. The Balaban J connectivity index is 1.58. The van der Waals surface area contributed by atoms with Crippen LogP contribution in [0.4, 0.5) is 4.39 Å². The van der Waals surface area contributed by atoms with E-state index < -0.39 is 5.82 Å². The van der Waals surface area contributed by atoms with Gasteiger partial charge in [0, 0.05) is 32.1 Å². The summed E-state index contributed by atoms with van der Waals surface area (Å²) in [4.78, 5) is 28.6. The summed E-state index contributed by atoms with van der Waals surface area (Å²) in [5, 5.41) is 3.38. The van der Waals surface area contributed by atoms with Gasteiger partial charge in [0.25, 0.3) is 5.91 Å². The van der Waals surface area contributed by atoms with Crippen molar-refractivity contribution in [2.45, 2.75) is 12.8 Å². The normalized spacial score (nSPS) is 19.4. The summed E-state index contributed by atoms with van der Waals surface area (Å²) in [6, 6.07) is 3.79. The van der Waals surface area contributed by atoms with Gasteiger partial charge in [0.15, 0.2) is 0 Å². The molecule has 0 aromatic heterocycles. The number of benzene rings is 1. The van der Waals surface area contributed by atoms with Crippen LogP contribution in [0, 0.1) is 11.7 Å². The highest BCUT2D eigenvalue weighted by Crippen LogP contribution is 2.21. The van der Waals surface area contributed by atoms with Crippen molar-refractivity contribution >= 4 is 23.4 Å². The second-order valence-electron chi connectivity index (χ2n) is 6.27. The van der Waals surface area contributed by atoms with Crippen LogP contribution in [-0.4, -0.2) is 60.9 Å². The topological polar surface area (TPSA) is 52.7 Å². The average molecular weight is 354 g/mol. The fourth-order valence-corrected chi connectivity index (χ4v) is 3.54. The minimum absolute atomic E-state index is 0.0973. The number of carbonyl (C=O) groups excluding carboxylic acids is 2. The highest BCUT2D eigenvalue weighted by atomic mass is 35.5. The van der Waals surface area contributed by atoms with Crippen molar-refractivity contribution in [2.24, 2.45) is 5.92 Å². The lowest BCUT2D eigenvalue weighted by molar-refractivity contribution is -0.137. The van der Waals surface area contributed by atoms with Gasteiger partial charge in [-0.1, -0.05) is 11.6 Å². The zero-order valence-electron chi connectivity index (χ0n) is 13.4. The molecule has 2 aliphatic rings. The molecule has 2 heterocycles. The lowest BCUT2D eigenvalue weighted by Gasteiger charge is -2.37. The Morgan fingerprint density at radius 1 is 1.08 bits per heavy atom. The first-order chi connectivity index (χ1) is 11.6. The molecule has 24 heavy (non-hydrogen) atoms. The van der Waals surface area contributed by atoms with Crippen LogP contribution in [0.15, 0.2) is 18.2 Å². The summed E-state index contributed by atoms with van der Waals surface area (Å²) in [5.41, 5.74) is 0.302. The zero-order chi connectivity index (χ0) is 17.1. The molecular formula is C17H21ClFN3O2. The maximum absolute atomic E-state index is 13.1. The molecule has 0 aliphatic carbocycles. The van der Waals surface area contributed by atoms with E-state index >= 15 is 0 Å². The minimum Gasteiger partial charge on any atom is -0.339 e. The van der Waals surface area contributed by atoms with E-state index in [1.807, 2.05) is 4.90 Å². The van der Waals surface area contributed by atoms with Crippen molar-refractivity contribution in [1.82, 2.24) is 15.1 Å². The lowest BCUT2D eigenvalue weighted by Crippen LogP contribution is -2.52. The van der Waals surface area contributed by atoms with Gasteiger partial charge < -0.3 is 15.1 Å². The molecular weight excluding hydrogens is 333 g/mol. The van der Waals surface area contributed by atoms with Crippen LogP contribution in [0.3, 0.4) is 0 Å². The van der Waals surface area contributed by atoms with Gasteiger partial charge in [0.2, 0.25) is 5.91 Å². The number of piperazine rings is 1. The number of carbonyl (C=O) groups is 2. The van der Waals surface area contributed by atoms with Crippen molar-refractivity contribution in [3.05, 3.63) is 34.6 Å². The molecule has 3 rings (SSSR count). The van der Waals surface area contributed by atoms with Gasteiger partial charge in [-0.15, -0.1) is 0 Å². The Morgan fingerprint density at radius 3 is 2.33 bits per heavy atom. The SMILES string of the molecule is O=C(c1ccc(F)cc1Cl)N1CCN(C(=O)C2CCNCC2)CC1. The summed E-state index contributed by atoms with van der Waals surface area (Å²) in [6.45, 7) is 3.79. The highest BCUT2D eigenvalue weighted by molar-refractivity contribution is 6.33. The van der Waals surface area contributed by atoms with E-state index in [1.165, 1.54) is 12.1 Å². The van der Waals surface area contributed by atoms with Gasteiger partial charge in [-0.25, -0.2) is 4.39 Å². The van der Waals surface area contributed by atoms with Crippen molar-refractivity contribution in [1.29, 1.82) is 0 Å². The van der Waals surface area contributed by atoms with Gasteiger partial charge in [0.1, 0.15) is 5.82 Å². The molecule has 7 heteroatoms. The Morgan fingerprint density at radius 2 is 1.71 bits per heavy atom. The van der Waals surface area contributed by atoms with Crippen LogP contribution < -0.4 is 5.32 Å². The number of amides is 2. The van der Waals surface area contributed by atoms with Gasteiger partial charge >= 0.3 is 0 Å². The number of piperidine rings is 1. The molecule has 5 nitrogen and oxygen atoms in total. The summed E-state index contributed by atoms with van der Waals surface area (Å²) < 4.78 is 13.1. The van der Waals surface area contributed by atoms with Crippen LogP contribution in [0.2, 0.25) is 5.02 Å². The molecule has 0 atom stereocenters. The van der Waals surface area contributed by atoms with E-state index in [9.17, 15) is 14.0 Å². The first-order valence-corrected chi connectivity index (χ1v) is 8.68. The zero-order valence-corrected chi connectivity index (χ0v) is 14.2. The second-order valence-corrected chi connectivity index (χ2v) is 6.67. The first-order valence-electron chi connectivity index (χ1n) is 8.30. The summed E-state index contributed by atoms with van der Waals surface area (Å²) in [5.74, 6) is -0.383. The molecule has 130 valence electrons. The third-order valence-electron chi connectivity index (χ3n) is 4.73. The Bertz CT molecular complexity index is 626. The molecule has 2 aliphatic heterocycles. The van der Waals surface area contributed by atoms with Gasteiger partial charge in [-0.05, 0) is 44.1 Å². The van der Waals surface area contributed by atoms with E-state index in [1.54, 1.807) is 4.90 Å². The third-order valence-corrected chi connectivity index (χ3v) is 5.04. The maximum Gasteiger partial charge on any atom is 0.255 e. The van der Waals surface area contributed by atoms with Gasteiger partial charge in [-0.2, -0.15) is 0 Å². The molecule has 1 aromatic carbocycles. The Kier molecular flexibility index (Phi) is 5.36. The Hall–Kier alpha value is -1.66. The van der Waals surface area contributed by atoms with E-state index in [-0.39, 0.29) is 22.8 Å². The highest BCUT2D eigenvalue weighted by Gasteiger charge is 2.30. The third kappa shape index (κ3) is 3.70. The number of rotatable bonds is 2. The summed E-state index contributed by atoms with van der Waals surface area (Å²) >= 11 is 5.97. The number of hydrogen-bond donors (Lipinski definition) is 1. The smallest absolute Gasteiger partial charge is 0.255 e. The predicted octanol–water partition coefficient (Wildman–Crippen LogP) is 1.76. The molecule has 0 saturated carbocycles. The van der Waals surface area contributed by atoms with Crippen LogP contribution in [0.25, 0.3) is 0 Å². The van der Waals surface area contributed by atoms with E-state index in [0.29, 0.717) is 31.7 Å². The van der Waals surface area contributed by atoms with Crippen molar-refractivity contribution in [3.8, 4) is 0 Å². The van der Waals surface area contributed by atoms with Crippen LogP contribution in [0.1, 0.15) is 23.2 Å². The molecule has 1 aromatic rings. The fourth-order valence-electron chi connectivity index (χ4n) is 3.29. The molecule has 0 bridgehead atoms. The lowest BCUT2D eigenvalue weighted by atomic mass is 9.96. The van der Waals surface area contributed by atoms with Crippen molar-refractivity contribution < 1.29 is 14.0 Å². The van der Waals surface area contributed by atoms with E-state index in [4.69, 9.17) is 11.6 Å². The first kappa shape index (κ1) is 17.2. The average Bonchev–Trinajstić information content (AvgIpc) is 2.61. The standard InChI is InChI=1S/C17H21ClFN3O2/c18-15-11-13(19)1-2-14(15)17(24)22-9-7-21(8-10-22)16(23)12-3-5-20-6-4-12/h1-2,11-12,20H,3-10H2. The minimum atomic E-state index is -0.464. The molecule has 2 saturated heterocycles. The van der Waals surface area contributed by atoms with Crippen molar-refractivity contribution in [2.75, 3.05) is 39.3 Å². The fraction of sp³-hybridized carbons (Fsp3) is 0.529. The van der Waals surface area contributed by atoms with Crippen LogP contribution >= 0.6 is 11.6 Å². The summed E-state index contributed by atoms with van der Waals surface area (Å²) in [6.07, 6.45) is 1.76. The molecule has 2 amide bonds. The van der Waals surface area contributed by atoms with E-state index in [2.05, 4.69) is 5.32 Å². The molecule has 0 unspecified atom stereocenters. The second kappa shape index (κ2) is 7.49. The molecule has 2 fully saturated rings. The van der Waals surface area contributed by atoms with Crippen LogP contribution in [0.5, 0.6) is 0 Å². The Labute approximate surface area is 145 Å². The van der Waals surface area contributed by atoms with E-state index in [0.717, 1.165) is 32.0 Å². The number of nitrogens with one attached hydrogen (secondary N) is 1. The monoisotopic (exact) mass is 353 g/mol. The van der Waals surface area contributed by atoms with Gasteiger partial charge in [0.05, 0.1) is 10.6 Å². The molecule has 0 radical (unpaired) electrons. The number of hydrogen-bond acceptors (Lipinski definition) is 3. The summed E-state index contributed by atoms with van der Waals surface area (Å²) in [7, 11) is 0. The predicted molar refractivity (Wildman–Crippen MR) is 89.5 cm³/mol. The maximum atomic E-state index is 13.1. The van der Waals surface area contributed by atoms with Crippen LogP contribution in [-0.2, 0) is 4.79 Å². The van der Waals surface area contributed by atoms with Gasteiger partial charge in [-0.3, -0.25) is 9.59 Å². The largest absolute Gasteiger partial charge is 0.339 e. The quantitative estimate of drug-likeness (QED) is 0.881. The molecule has 0 spiro atoms. The number of nitrogens with zero attached hydrogens (tertiary/aromatic N) is 2. The van der Waals surface area contributed by atoms with Crippen molar-refractivity contribution in [3.63, 3.8) is 0 Å². The number of halogens is 2.